The number of methoxy groups -OCH3 is 1. The van der Waals surface area contributed by atoms with Crippen molar-refractivity contribution in [3.8, 4) is 5.75 Å². The minimum Gasteiger partial charge on any atom is -0.486 e. The predicted molar refractivity (Wildman–Crippen MR) is 98.9 cm³/mol. The van der Waals surface area contributed by atoms with Gasteiger partial charge >= 0.3 is 11.9 Å². The van der Waals surface area contributed by atoms with Gasteiger partial charge in [0.15, 0.2) is 5.75 Å². The highest BCUT2D eigenvalue weighted by Gasteiger charge is 2.30. The van der Waals surface area contributed by atoms with Gasteiger partial charge in [-0.05, 0) is 17.7 Å². The Labute approximate surface area is 160 Å². The number of nitrogens with zero attached hydrogens (tertiary/aromatic N) is 2. The Bertz CT molecular complexity index is 812. The summed E-state index contributed by atoms with van der Waals surface area (Å²) in [5.41, 5.74) is 0.202. The van der Waals surface area contributed by atoms with Gasteiger partial charge in [-0.1, -0.05) is 18.2 Å². The van der Waals surface area contributed by atoms with Crippen LogP contribution in [0.15, 0.2) is 42.5 Å². The second-order valence-electron chi connectivity index (χ2n) is 6.12. The van der Waals surface area contributed by atoms with Crippen molar-refractivity contribution in [2.24, 2.45) is 0 Å². The Balaban J connectivity index is 2.10. The molecule has 2 aromatic carbocycles. The summed E-state index contributed by atoms with van der Waals surface area (Å²) in [5, 5.41) is 11.2. The van der Waals surface area contributed by atoms with Crippen LogP contribution in [0.25, 0.3) is 0 Å². The maximum atomic E-state index is 12.8. The van der Waals surface area contributed by atoms with Crippen LogP contribution in [-0.4, -0.2) is 38.8 Å². The molecule has 0 unspecified atom stereocenters. The fourth-order valence-electron chi connectivity index (χ4n) is 2.55. The number of nitro benzene ring substituents is 1. The Morgan fingerprint density at radius 1 is 1.14 bits per heavy atom. The molecule has 6 nitrogen and oxygen atoms in total. The van der Waals surface area contributed by atoms with E-state index in [0.29, 0.717) is 24.4 Å². The van der Waals surface area contributed by atoms with Crippen molar-refractivity contribution >= 4 is 11.4 Å². The van der Waals surface area contributed by atoms with E-state index in [1.165, 1.54) is 12.1 Å². The van der Waals surface area contributed by atoms with Gasteiger partial charge in [-0.2, -0.15) is 13.2 Å². The number of halogens is 3. The first-order valence-corrected chi connectivity index (χ1v) is 8.50. The number of rotatable bonds is 9. The van der Waals surface area contributed by atoms with Crippen molar-refractivity contribution in [2.75, 3.05) is 38.8 Å². The van der Waals surface area contributed by atoms with E-state index in [1.54, 1.807) is 25.3 Å². The molecule has 2 aromatic rings. The van der Waals surface area contributed by atoms with Gasteiger partial charge in [0.05, 0.1) is 23.7 Å². The number of likely N-dealkylation sites (N-methyl/N-ethyl adjacent to an activating group) is 1. The first-order chi connectivity index (χ1) is 13.2. The van der Waals surface area contributed by atoms with E-state index in [0.717, 1.165) is 12.1 Å². The molecule has 0 amide bonds. The van der Waals surface area contributed by atoms with Crippen molar-refractivity contribution in [1.29, 1.82) is 0 Å². The monoisotopic (exact) mass is 398 g/mol. The minimum absolute atomic E-state index is 0.00733. The Morgan fingerprint density at radius 2 is 1.89 bits per heavy atom. The normalized spacial score (nSPS) is 11.3. The first-order valence-electron chi connectivity index (χ1n) is 8.50. The van der Waals surface area contributed by atoms with E-state index < -0.39 is 16.7 Å². The lowest BCUT2D eigenvalue weighted by molar-refractivity contribution is -0.385. The Kier molecular flexibility index (Phi) is 7.22. The summed E-state index contributed by atoms with van der Waals surface area (Å²) in [4.78, 5) is 12.5. The largest absolute Gasteiger partial charge is 0.486 e. The lowest BCUT2D eigenvalue weighted by Gasteiger charge is -2.19. The summed E-state index contributed by atoms with van der Waals surface area (Å²) in [6.07, 6.45) is -4.23. The van der Waals surface area contributed by atoms with Crippen LogP contribution in [-0.2, 0) is 17.3 Å². The van der Waals surface area contributed by atoms with E-state index >= 15 is 0 Å². The van der Waals surface area contributed by atoms with Gasteiger partial charge in [0.2, 0.25) is 0 Å². The molecule has 0 aromatic heterocycles. The lowest BCUT2D eigenvalue weighted by atomic mass is 10.1. The third-order valence-electron chi connectivity index (χ3n) is 4.11. The SMILES string of the molecule is COCCN(C)c1ccc([N+](=O)[O-])c(OCCc2cccc(C(F)(F)F)c2)c1. The fourth-order valence-corrected chi connectivity index (χ4v) is 2.55. The highest BCUT2D eigenvalue weighted by atomic mass is 19.4. The van der Waals surface area contributed by atoms with Gasteiger partial charge in [-0.3, -0.25) is 10.1 Å². The van der Waals surface area contributed by atoms with Crippen molar-refractivity contribution in [1.82, 2.24) is 0 Å². The highest BCUT2D eigenvalue weighted by Crippen LogP contribution is 2.32. The quantitative estimate of drug-likeness (QED) is 0.465. The third kappa shape index (κ3) is 5.85. The summed E-state index contributed by atoms with van der Waals surface area (Å²) in [5.74, 6) is 0.0683. The maximum absolute atomic E-state index is 12.8. The zero-order chi connectivity index (χ0) is 20.7. The molecule has 0 fully saturated rings. The highest BCUT2D eigenvalue weighted by molar-refractivity contribution is 5.59. The average molecular weight is 398 g/mol. The summed E-state index contributed by atoms with van der Waals surface area (Å²) < 4.78 is 48.9. The molecule has 0 bridgehead atoms. The van der Waals surface area contributed by atoms with Crippen LogP contribution >= 0.6 is 0 Å². The standard InChI is InChI=1S/C19H21F3N2O4/c1-23(9-11-27-2)16-6-7-17(24(25)26)18(13-16)28-10-8-14-4-3-5-15(12-14)19(20,21)22/h3-7,12-13H,8-11H2,1-2H3. The molecule has 0 aliphatic rings. The van der Waals surface area contributed by atoms with Gasteiger partial charge in [0.1, 0.15) is 0 Å². The lowest BCUT2D eigenvalue weighted by Crippen LogP contribution is -2.22. The predicted octanol–water partition coefficient (Wildman–Crippen LogP) is 4.32. The summed E-state index contributed by atoms with van der Waals surface area (Å²) in [6.45, 7) is 1.07. The number of alkyl halides is 3. The van der Waals surface area contributed by atoms with Crippen molar-refractivity contribution in [2.45, 2.75) is 12.6 Å². The molecule has 0 aliphatic carbocycles. The van der Waals surface area contributed by atoms with Crippen LogP contribution in [0, 0.1) is 10.1 Å². The molecule has 0 aliphatic heterocycles. The number of ether oxygens (including phenoxy) is 2. The topological polar surface area (TPSA) is 64.8 Å². The van der Waals surface area contributed by atoms with E-state index in [-0.39, 0.29) is 24.5 Å². The van der Waals surface area contributed by atoms with Crippen LogP contribution in [0.3, 0.4) is 0 Å². The zero-order valence-corrected chi connectivity index (χ0v) is 15.5. The second-order valence-corrected chi connectivity index (χ2v) is 6.12. The molecule has 152 valence electrons. The molecule has 0 saturated heterocycles. The van der Waals surface area contributed by atoms with E-state index in [1.807, 2.05) is 11.9 Å². The molecule has 9 heteroatoms. The van der Waals surface area contributed by atoms with Crippen LogP contribution in [0.1, 0.15) is 11.1 Å². The molecule has 0 radical (unpaired) electrons. The maximum Gasteiger partial charge on any atom is 0.416 e. The van der Waals surface area contributed by atoms with Crippen LogP contribution in [0.4, 0.5) is 24.5 Å². The molecule has 0 heterocycles. The second kappa shape index (κ2) is 9.41. The van der Waals surface area contributed by atoms with Gasteiger partial charge in [0.25, 0.3) is 0 Å². The molecule has 0 saturated carbocycles. The fraction of sp³-hybridized carbons (Fsp3) is 0.368. The van der Waals surface area contributed by atoms with E-state index in [4.69, 9.17) is 9.47 Å². The molecule has 0 N–H and O–H groups in total. The smallest absolute Gasteiger partial charge is 0.416 e. The minimum atomic E-state index is -4.42. The van der Waals surface area contributed by atoms with Gasteiger partial charge < -0.3 is 14.4 Å². The van der Waals surface area contributed by atoms with Crippen LogP contribution < -0.4 is 9.64 Å². The summed E-state index contributed by atoms with van der Waals surface area (Å²) >= 11 is 0. The zero-order valence-electron chi connectivity index (χ0n) is 15.5. The van der Waals surface area contributed by atoms with Crippen LogP contribution in [0.5, 0.6) is 5.75 Å². The number of hydrogen-bond acceptors (Lipinski definition) is 5. The summed E-state index contributed by atoms with van der Waals surface area (Å²) in [7, 11) is 3.39. The molecule has 0 spiro atoms. The van der Waals surface area contributed by atoms with Gasteiger partial charge in [-0.25, -0.2) is 0 Å². The van der Waals surface area contributed by atoms with Crippen molar-refractivity contribution in [3.05, 3.63) is 63.7 Å². The van der Waals surface area contributed by atoms with Crippen molar-refractivity contribution < 1.29 is 27.6 Å². The molecule has 2 rings (SSSR count). The number of anilines is 1. The Hall–Kier alpha value is -2.81. The molecular formula is C19H21F3N2O4. The molecule has 28 heavy (non-hydrogen) atoms. The number of hydrogen-bond donors (Lipinski definition) is 0. The number of benzene rings is 2. The number of nitro groups is 1. The summed E-state index contributed by atoms with van der Waals surface area (Å²) in [6, 6.07) is 9.42. The van der Waals surface area contributed by atoms with Crippen LogP contribution in [0.2, 0.25) is 0 Å². The van der Waals surface area contributed by atoms with Gasteiger partial charge in [0, 0.05) is 44.9 Å². The van der Waals surface area contributed by atoms with E-state index in [9.17, 15) is 23.3 Å². The Morgan fingerprint density at radius 3 is 2.54 bits per heavy atom. The van der Waals surface area contributed by atoms with Crippen molar-refractivity contribution in [3.63, 3.8) is 0 Å². The molecular weight excluding hydrogens is 377 g/mol. The third-order valence-corrected chi connectivity index (χ3v) is 4.11. The molecule has 0 atom stereocenters. The van der Waals surface area contributed by atoms with Gasteiger partial charge in [-0.15, -0.1) is 0 Å². The first kappa shape index (κ1) is 21.5. The van der Waals surface area contributed by atoms with E-state index in [2.05, 4.69) is 0 Å². The average Bonchev–Trinajstić information content (AvgIpc) is 2.65.